The molecule has 0 heterocycles. The zero-order valence-corrected chi connectivity index (χ0v) is 12.3. The average Bonchev–Trinajstić information content (AvgIpc) is 2.13. The molecule has 0 aliphatic heterocycles. The van der Waals surface area contributed by atoms with E-state index in [-0.39, 0.29) is 30.8 Å². The second-order valence-electron chi connectivity index (χ2n) is 3.11. The molecule has 0 radical (unpaired) electrons. The molecule has 0 spiro atoms. The molecule has 0 fully saturated rings. The first-order chi connectivity index (χ1) is 6.66. The van der Waals surface area contributed by atoms with Crippen molar-refractivity contribution >= 4 is 42.7 Å². The quantitative estimate of drug-likeness (QED) is 0.419. The Morgan fingerprint density at radius 3 is 2.44 bits per heavy atom. The van der Waals surface area contributed by atoms with Crippen LogP contribution in [0.5, 0.6) is 0 Å². The van der Waals surface area contributed by atoms with E-state index in [9.17, 15) is 4.79 Å². The molecular weight excluding hydrogens is 271 g/mol. The standard InChI is InChI=1S/C9H20N2O2S.2ClH/c1-11(2)14-8-3-5-9(12)13-7-4-6-10;;/h3-8,10H2,1-2H3;2*1H. The van der Waals surface area contributed by atoms with Gasteiger partial charge < -0.3 is 10.5 Å². The molecule has 0 aromatic rings. The number of hydrogen-bond donors (Lipinski definition) is 1. The van der Waals surface area contributed by atoms with Crippen LogP contribution in [0.25, 0.3) is 0 Å². The van der Waals surface area contributed by atoms with Crippen LogP contribution in [0.2, 0.25) is 0 Å². The SMILES string of the molecule is CN(C)SCCCC(=O)OCCCN.Cl.Cl. The molecule has 0 atom stereocenters. The molecule has 0 saturated heterocycles. The third kappa shape index (κ3) is 16.7. The van der Waals surface area contributed by atoms with Gasteiger partial charge in [-0.05, 0) is 33.5 Å². The first kappa shape index (κ1) is 21.6. The average molecular weight is 293 g/mol. The normalized spacial score (nSPS) is 9.25. The maximum absolute atomic E-state index is 11.1. The summed E-state index contributed by atoms with van der Waals surface area (Å²) in [5, 5.41) is 0. The van der Waals surface area contributed by atoms with Gasteiger partial charge in [-0.1, -0.05) is 11.9 Å². The topological polar surface area (TPSA) is 55.6 Å². The van der Waals surface area contributed by atoms with Gasteiger partial charge in [0.05, 0.1) is 6.61 Å². The number of halogens is 2. The highest BCUT2D eigenvalue weighted by Crippen LogP contribution is 2.07. The molecule has 2 N–H and O–H groups in total. The van der Waals surface area contributed by atoms with Gasteiger partial charge >= 0.3 is 5.97 Å². The monoisotopic (exact) mass is 292 g/mol. The zero-order chi connectivity index (χ0) is 10.8. The smallest absolute Gasteiger partial charge is 0.305 e. The Labute approximate surface area is 115 Å². The Morgan fingerprint density at radius 1 is 1.31 bits per heavy atom. The lowest BCUT2D eigenvalue weighted by Gasteiger charge is -2.07. The van der Waals surface area contributed by atoms with E-state index < -0.39 is 0 Å². The van der Waals surface area contributed by atoms with Crippen molar-refractivity contribution in [1.29, 1.82) is 0 Å². The van der Waals surface area contributed by atoms with Crippen molar-refractivity contribution in [1.82, 2.24) is 4.31 Å². The van der Waals surface area contributed by atoms with Crippen molar-refractivity contribution in [2.45, 2.75) is 19.3 Å². The molecule has 100 valence electrons. The van der Waals surface area contributed by atoms with Gasteiger partial charge in [-0.2, -0.15) is 0 Å². The van der Waals surface area contributed by atoms with Crippen LogP contribution in [-0.4, -0.2) is 43.3 Å². The van der Waals surface area contributed by atoms with Crippen molar-refractivity contribution < 1.29 is 9.53 Å². The molecule has 0 rings (SSSR count). The summed E-state index contributed by atoms with van der Waals surface area (Å²) in [5.74, 6) is 0.844. The van der Waals surface area contributed by atoms with Gasteiger partial charge in [-0.3, -0.25) is 9.10 Å². The summed E-state index contributed by atoms with van der Waals surface area (Å²) in [6.07, 6.45) is 2.12. The summed E-state index contributed by atoms with van der Waals surface area (Å²) in [7, 11) is 3.98. The predicted octanol–water partition coefficient (Wildman–Crippen LogP) is 1.71. The Morgan fingerprint density at radius 2 is 1.94 bits per heavy atom. The Balaban J connectivity index is -0.000000845. The number of esters is 1. The zero-order valence-electron chi connectivity index (χ0n) is 9.81. The van der Waals surface area contributed by atoms with Crippen LogP contribution >= 0.6 is 36.8 Å². The van der Waals surface area contributed by atoms with Gasteiger partial charge in [0, 0.05) is 12.2 Å². The second-order valence-corrected chi connectivity index (χ2v) is 4.51. The molecule has 0 aliphatic carbocycles. The van der Waals surface area contributed by atoms with E-state index in [0.717, 1.165) is 18.6 Å². The summed E-state index contributed by atoms with van der Waals surface area (Å²) in [6, 6.07) is 0. The van der Waals surface area contributed by atoms with Gasteiger partial charge in [-0.15, -0.1) is 24.8 Å². The molecule has 0 aromatic heterocycles. The van der Waals surface area contributed by atoms with Gasteiger partial charge in [0.2, 0.25) is 0 Å². The number of carbonyl (C=O) groups excluding carboxylic acids is 1. The number of ether oxygens (including phenoxy) is 1. The van der Waals surface area contributed by atoms with E-state index in [0.29, 0.717) is 19.6 Å². The minimum absolute atomic E-state index is 0. The van der Waals surface area contributed by atoms with Gasteiger partial charge in [0.15, 0.2) is 0 Å². The van der Waals surface area contributed by atoms with Crippen molar-refractivity contribution in [3.05, 3.63) is 0 Å². The highest BCUT2D eigenvalue weighted by Gasteiger charge is 2.02. The van der Waals surface area contributed by atoms with Crippen LogP contribution in [0.15, 0.2) is 0 Å². The third-order valence-corrected chi connectivity index (χ3v) is 2.47. The minimum Gasteiger partial charge on any atom is -0.466 e. The number of nitrogens with zero attached hydrogens (tertiary/aromatic N) is 1. The molecular formula is C9H22Cl2N2O2S. The van der Waals surface area contributed by atoms with Crippen molar-refractivity contribution in [2.75, 3.05) is 33.0 Å². The van der Waals surface area contributed by atoms with E-state index in [4.69, 9.17) is 10.5 Å². The Hall–Kier alpha value is 0.320. The fourth-order valence-electron chi connectivity index (χ4n) is 0.805. The lowest BCUT2D eigenvalue weighted by atomic mass is 10.3. The highest BCUT2D eigenvalue weighted by atomic mass is 35.5. The molecule has 0 aromatic carbocycles. The van der Waals surface area contributed by atoms with Gasteiger partial charge in [-0.25, -0.2) is 0 Å². The molecule has 0 saturated carbocycles. The van der Waals surface area contributed by atoms with Crippen LogP contribution in [0.1, 0.15) is 19.3 Å². The van der Waals surface area contributed by atoms with Crippen molar-refractivity contribution in [3.8, 4) is 0 Å². The summed E-state index contributed by atoms with van der Waals surface area (Å²) in [5.41, 5.74) is 5.27. The molecule has 0 amide bonds. The molecule has 7 heteroatoms. The van der Waals surface area contributed by atoms with Crippen LogP contribution in [0.3, 0.4) is 0 Å². The van der Waals surface area contributed by atoms with E-state index in [1.807, 2.05) is 18.4 Å². The summed E-state index contributed by atoms with van der Waals surface area (Å²) < 4.78 is 6.98. The lowest BCUT2D eigenvalue weighted by molar-refractivity contribution is -0.143. The number of rotatable bonds is 8. The van der Waals surface area contributed by atoms with E-state index in [2.05, 4.69) is 0 Å². The third-order valence-electron chi connectivity index (χ3n) is 1.49. The Bertz CT molecular complexity index is 162. The maximum atomic E-state index is 11.1. The number of hydrogen-bond acceptors (Lipinski definition) is 5. The molecule has 4 nitrogen and oxygen atoms in total. The van der Waals surface area contributed by atoms with Crippen LogP contribution < -0.4 is 5.73 Å². The Kier molecular flexibility index (Phi) is 20.7. The van der Waals surface area contributed by atoms with E-state index in [1.54, 1.807) is 11.9 Å². The predicted molar refractivity (Wildman–Crippen MR) is 74.5 cm³/mol. The highest BCUT2D eigenvalue weighted by molar-refractivity contribution is 7.96. The summed E-state index contributed by atoms with van der Waals surface area (Å²) in [4.78, 5) is 11.1. The van der Waals surface area contributed by atoms with Gasteiger partial charge in [0.1, 0.15) is 0 Å². The van der Waals surface area contributed by atoms with Crippen molar-refractivity contribution in [2.24, 2.45) is 5.73 Å². The van der Waals surface area contributed by atoms with Gasteiger partial charge in [0.25, 0.3) is 0 Å². The van der Waals surface area contributed by atoms with E-state index in [1.165, 1.54) is 0 Å². The fraction of sp³-hybridized carbons (Fsp3) is 0.889. The maximum Gasteiger partial charge on any atom is 0.305 e. The van der Waals surface area contributed by atoms with Crippen LogP contribution in [0.4, 0.5) is 0 Å². The second kappa shape index (κ2) is 15.3. The fourth-order valence-corrected chi connectivity index (χ4v) is 1.44. The van der Waals surface area contributed by atoms with Crippen molar-refractivity contribution in [3.63, 3.8) is 0 Å². The molecule has 0 unspecified atom stereocenters. The molecule has 0 aliphatic rings. The minimum atomic E-state index is -0.113. The molecule has 0 bridgehead atoms. The lowest BCUT2D eigenvalue weighted by Crippen LogP contribution is -2.10. The first-order valence-corrected chi connectivity index (χ1v) is 5.77. The molecule has 16 heavy (non-hydrogen) atoms. The summed E-state index contributed by atoms with van der Waals surface area (Å²) in [6.45, 7) is 1.03. The first-order valence-electron chi connectivity index (χ1n) is 4.82. The van der Waals surface area contributed by atoms with Crippen LogP contribution in [0, 0.1) is 0 Å². The number of nitrogens with two attached hydrogens (primary N) is 1. The van der Waals surface area contributed by atoms with Crippen LogP contribution in [-0.2, 0) is 9.53 Å². The number of carbonyl (C=O) groups is 1. The van der Waals surface area contributed by atoms with E-state index >= 15 is 0 Å². The summed E-state index contributed by atoms with van der Waals surface area (Å²) >= 11 is 1.71. The largest absolute Gasteiger partial charge is 0.466 e.